The van der Waals surface area contributed by atoms with Crippen LogP contribution in [0.5, 0.6) is 0 Å². The van der Waals surface area contributed by atoms with Crippen molar-refractivity contribution in [2.75, 3.05) is 13.1 Å². The van der Waals surface area contributed by atoms with Crippen molar-refractivity contribution in [3.8, 4) is 0 Å². The standard InChI is InChI=1S/C7H10F3NO3/c1-4(5(12)13)11-2-6(14,3-11)7(8,9)10/h4,14H,2-3H2,1H3,(H,12,13)/t4-/m0/s1. The molecule has 82 valence electrons. The van der Waals surface area contributed by atoms with Crippen molar-refractivity contribution in [3.63, 3.8) is 0 Å². The Labute approximate surface area is 77.9 Å². The Bertz CT molecular complexity index is 247. The van der Waals surface area contributed by atoms with E-state index in [4.69, 9.17) is 10.2 Å². The molecule has 7 heteroatoms. The second kappa shape index (κ2) is 3.09. The van der Waals surface area contributed by atoms with E-state index in [0.717, 1.165) is 4.90 Å². The minimum Gasteiger partial charge on any atom is -0.480 e. The van der Waals surface area contributed by atoms with Crippen molar-refractivity contribution in [2.45, 2.75) is 24.7 Å². The van der Waals surface area contributed by atoms with Gasteiger partial charge < -0.3 is 10.2 Å². The van der Waals surface area contributed by atoms with Gasteiger partial charge in [0, 0.05) is 13.1 Å². The maximum absolute atomic E-state index is 12.1. The van der Waals surface area contributed by atoms with E-state index in [0.29, 0.717) is 0 Å². The average molecular weight is 213 g/mol. The molecule has 0 aliphatic carbocycles. The van der Waals surface area contributed by atoms with Crippen LogP contribution >= 0.6 is 0 Å². The third kappa shape index (κ3) is 1.69. The van der Waals surface area contributed by atoms with Gasteiger partial charge in [0.05, 0.1) is 0 Å². The number of rotatable bonds is 2. The SMILES string of the molecule is C[C@@H](C(=O)O)N1CC(O)(C(F)(F)F)C1. The quantitative estimate of drug-likeness (QED) is 0.681. The van der Waals surface area contributed by atoms with Gasteiger partial charge in [0.2, 0.25) is 0 Å². The Hall–Kier alpha value is -0.820. The number of likely N-dealkylation sites (tertiary alicyclic amines) is 1. The van der Waals surface area contributed by atoms with Gasteiger partial charge in [-0.3, -0.25) is 9.69 Å². The molecule has 0 saturated carbocycles. The number of aliphatic hydroxyl groups is 1. The van der Waals surface area contributed by atoms with Crippen molar-refractivity contribution >= 4 is 5.97 Å². The first-order chi connectivity index (χ1) is 6.17. The van der Waals surface area contributed by atoms with E-state index in [2.05, 4.69) is 0 Å². The highest BCUT2D eigenvalue weighted by molar-refractivity contribution is 5.73. The van der Waals surface area contributed by atoms with Gasteiger partial charge in [-0.2, -0.15) is 13.2 Å². The van der Waals surface area contributed by atoms with E-state index >= 15 is 0 Å². The lowest BCUT2D eigenvalue weighted by atomic mass is 9.92. The molecule has 0 bridgehead atoms. The lowest BCUT2D eigenvalue weighted by molar-refractivity contribution is -0.304. The van der Waals surface area contributed by atoms with Crippen molar-refractivity contribution < 1.29 is 28.2 Å². The zero-order valence-electron chi connectivity index (χ0n) is 7.38. The fraction of sp³-hybridized carbons (Fsp3) is 0.857. The molecule has 1 saturated heterocycles. The predicted octanol–water partition coefficient (Wildman–Crippen LogP) is 0.0685. The average Bonchev–Trinajstić information content (AvgIpc) is 1.94. The molecule has 1 aliphatic heterocycles. The van der Waals surface area contributed by atoms with Gasteiger partial charge in [0.1, 0.15) is 6.04 Å². The minimum absolute atomic E-state index is 0.677. The van der Waals surface area contributed by atoms with E-state index < -0.39 is 36.9 Å². The van der Waals surface area contributed by atoms with Crippen LogP contribution in [-0.2, 0) is 4.79 Å². The van der Waals surface area contributed by atoms with E-state index in [1.165, 1.54) is 6.92 Å². The summed E-state index contributed by atoms with van der Waals surface area (Å²) in [4.78, 5) is 11.4. The first kappa shape index (κ1) is 11.3. The van der Waals surface area contributed by atoms with Crippen LogP contribution in [-0.4, -0.2) is 52.0 Å². The molecular weight excluding hydrogens is 203 g/mol. The monoisotopic (exact) mass is 213 g/mol. The van der Waals surface area contributed by atoms with Crippen molar-refractivity contribution in [2.24, 2.45) is 0 Å². The van der Waals surface area contributed by atoms with E-state index in [1.54, 1.807) is 0 Å². The third-order valence-electron chi connectivity index (χ3n) is 2.36. The molecule has 1 heterocycles. The Morgan fingerprint density at radius 2 is 1.93 bits per heavy atom. The van der Waals surface area contributed by atoms with Crippen LogP contribution in [0.4, 0.5) is 13.2 Å². The molecule has 2 N–H and O–H groups in total. The van der Waals surface area contributed by atoms with Gasteiger partial charge in [-0.05, 0) is 6.92 Å². The first-order valence-electron chi connectivity index (χ1n) is 3.93. The third-order valence-corrected chi connectivity index (χ3v) is 2.36. The molecular formula is C7H10F3NO3. The Balaban J connectivity index is 2.55. The number of nitrogens with zero attached hydrogens (tertiary/aromatic N) is 1. The number of β-amino-alcohol motifs (C(OH)–C–C–N with tert-alkyl or cyclic N) is 1. The molecule has 0 unspecified atom stereocenters. The summed E-state index contributed by atoms with van der Waals surface area (Å²) in [5.74, 6) is -1.20. The van der Waals surface area contributed by atoms with E-state index in [1.807, 2.05) is 0 Å². The van der Waals surface area contributed by atoms with Gasteiger partial charge >= 0.3 is 12.1 Å². The van der Waals surface area contributed by atoms with Crippen LogP contribution in [0.15, 0.2) is 0 Å². The number of carboxylic acid groups (broad SMARTS) is 1. The topological polar surface area (TPSA) is 60.8 Å². The molecule has 0 spiro atoms. The molecule has 1 aliphatic rings. The molecule has 0 radical (unpaired) electrons. The maximum atomic E-state index is 12.1. The van der Waals surface area contributed by atoms with Gasteiger partial charge in [0.15, 0.2) is 5.60 Å². The maximum Gasteiger partial charge on any atom is 0.419 e. The molecule has 4 nitrogen and oxygen atoms in total. The minimum atomic E-state index is -4.69. The number of aliphatic carboxylic acids is 1. The largest absolute Gasteiger partial charge is 0.480 e. The highest BCUT2D eigenvalue weighted by Gasteiger charge is 2.62. The molecule has 0 aromatic heterocycles. The summed E-state index contributed by atoms with van der Waals surface area (Å²) < 4.78 is 36.3. The number of carboxylic acids is 1. The highest BCUT2D eigenvalue weighted by Crippen LogP contribution is 2.38. The van der Waals surface area contributed by atoms with Crippen molar-refractivity contribution in [1.29, 1.82) is 0 Å². The summed E-state index contributed by atoms with van der Waals surface area (Å²) in [6.45, 7) is -0.0772. The Morgan fingerprint density at radius 3 is 2.21 bits per heavy atom. The fourth-order valence-electron chi connectivity index (χ4n) is 1.23. The summed E-state index contributed by atoms with van der Waals surface area (Å²) in [6.07, 6.45) is -4.69. The van der Waals surface area contributed by atoms with Crippen molar-refractivity contribution in [1.82, 2.24) is 4.90 Å². The van der Waals surface area contributed by atoms with Gasteiger partial charge in [-0.25, -0.2) is 0 Å². The first-order valence-corrected chi connectivity index (χ1v) is 3.93. The number of hydrogen-bond acceptors (Lipinski definition) is 3. The van der Waals surface area contributed by atoms with Crippen LogP contribution in [0.3, 0.4) is 0 Å². The summed E-state index contributed by atoms with van der Waals surface area (Å²) >= 11 is 0. The molecule has 1 atom stereocenters. The second-order valence-corrected chi connectivity index (χ2v) is 3.45. The molecule has 1 fully saturated rings. The van der Waals surface area contributed by atoms with Crippen LogP contribution in [0.2, 0.25) is 0 Å². The molecule has 0 amide bonds. The Morgan fingerprint density at radius 1 is 1.50 bits per heavy atom. The van der Waals surface area contributed by atoms with Crippen LogP contribution in [0.1, 0.15) is 6.92 Å². The summed E-state index contributed by atoms with van der Waals surface area (Å²) in [5, 5.41) is 17.5. The highest BCUT2D eigenvalue weighted by atomic mass is 19.4. The summed E-state index contributed by atoms with van der Waals surface area (Å²) in [7, 11) is 0. The molecule has 0 aromatic rings. The summed E-state index contributed by atoms with van der Waals surface area (Å²) in [6, 6.07) is -1.00. The van der Waals surface area contributed by atoms with Gasteiger partial charge in [-0.1, -0.05) is 0 Å². The van der Waals surface area contributed by atoms with Gasteiger partial charge in [0.25, 0.3) is 0 Å². The smallest absolute Gasteiger partial charge is 0.419 e. The normalized spacial score (nSPS) is 24.1. The number of carbonyl (C=O) groups is 1. The lowest BCUT2D eigenvalue weighted by Crippen LogP contribution is -2.71. The Kier molecular flexibility index (Phi) is 2.49. The van der Waals surface area contributed by atoms with Crippen LogP contribution in [0, 0.1) is 0 Å². The number of hydrogen-bond donors (Lipinski definition) is 2. The van der Waals surface area contributed by atoms with Crippen LogP contribution in [0.25, 0.3) is 0 Å². The number of alkyl halides is 3. The zero-order chi connectivity index (χ0) is 11.1. The van der Waals surface area contributed by atoms with Gasteiger partial charge in [-0.15, -0.1) is 0 Å². The van der Waals surface area contributed by atoms with Crippen LogP contribution < -0.4 is 0 Å². The number of halogens is 3. The molecule has 0 aromatic carbocycles. The van der Waals surface area contributed by atoms with E-state index in [-0.39, 0.29) is 0 Å². The summed E-state index contributed by atoms with van der Waals surface area (Å²) in [5.41, 5.74) is -2.74. The van der Waals surface area contributed by atoms with E-state index in [9.17, 15) is 18.0 Å². The lowest BCUT2D eigenvalue weighted by Gasteiger charge is -2.48. The molecule has 1 rings (SSSR count). The zero-order valence-corrected chi connectivity index (χ0v) is 7.38. The fourth-order valence-corrected chi connectivity index (χ4v) is 1.23. The second-order valence-electron chi connectivity index (χ2n) is 3.45. The predicted molar refractivity (Wildman–Crippen MR) is 39.7 cm³/mol. The molecule has 14 heavy (non-hydrogen) atoms. The van der Waals surface area contributed by atoms with Crippen molar-refractivity contribution in [3.05, 3.63) is 0 Å².